The molecule has 0 aromatic carbocycles. The van der Waals surface area contributed by atoms with Gasteiger partial charge in [0.05, 0.1) is 6.10 Å². The van der Waals surface area contributed by atoms with Gasteiger partial charge in [-0.2, -0.15) is 0 Å². The van der Waals surface area contributed by atoms with E-state index in [1.807, 2.05) is 0 Å². The molecular weight excluding hydrogens is 246 g/mol. The van der Waals surface area contributed by atoms with Crippen molar-refractivity contribution in [1.82, 2.24) is 4.90 Å². The third-order valence-corrected chi connectivity index (χ3v) is 6.46. The Kier molecular flexibility index (Phi) is 5.04. The van der Waals surface area contributed by atoms with Gasteiger partial charge < -0.3 is 5.11 Å². The fraction of sp³-hybridized carbons (Fsp3) is 1.00. The van der Waals surface area contributed by atoms with Gasteiger partial charge in [0, 0.05) is 12.6 Å². The number of hydrogen-bond acceptors (Lipinski definition) is 2. The Morgan fingerprint density at radius 2 is 1.80 bits per heavy atom. The lowest BCUT2D eigenvalue weighted by molar-refractivity contribution is -0.00892. The largest absolute Gasteiger partial charge is 0.393 e. The molecule has 1 saturated heterocycles. The molecule has 20 heavy (non-hydrogen) atoms. The van der Waals surface area contributed by atoms with Crippen LogP contribution in [-0.2, 0) is 0 Å². The fourth-order valence-electron chi connectivity index (χ4n) is 5.17. The first-order valence-electron chi connectivity index (χ1n) is 9.20. The summed E-state index contributed by atoms with van der Waals surface area (Å²) < 4.78 is 0. The second-order valence-corrected chi connectivity index (χ2v) is 7.66. The Morgan fingerprint density at radius 3 is 2.65 bits per heavy atom. The minimum absolute atomic E-state index is 0.0261. The summed E-state index contributed by atoms with van der Waals surface area (Å²) >= 11 is 0. The van der Waals surface area contributed by atoms with Crippen molar-refractivity contribution in [3.63, 3.8) is 0 Å². The molecule has 1 aliphatic heterocycles. The van der Waals surface area contributed by atoms with Crippen LogP contribution in [0.2, 0.25) is 0 Å². The number of nitrogens with zero attached hydrogens (tertiary/aromatic N) is 1. The van der Waals surface area contributed by atoms with E-state index in [1.54, 1.807) is 0 Å². The van der Waals surface area contributed by atoms with Gasteiger partial charge in [0.25, 0.3) is 0 Å². The molecule has 2 aliphatic carbocycles. The van der Waals surface area contributed by atoms with E-state index in [0.717, 1.165) is 24.3 Å². The third kappa shape index (κ3) is 3.22. The maximum atomic E-state index is 10.4. The molecule has 3 rings (SSSR count). The summed E-state index contributed by atoms with van der Waals surface area (Å²) in [7, 11) is 0. The van der Waals surface area contributed by atoms with Gasteiger partial charge in [0.2, 0.25) is 0 Å². The lowest BCUT2D eigenvalue weighted by atomic mass is 9.75. The van der Waals surface area contributed by atoms with Crippen molar-refractivity contribution in [1.29, 1.82) is 0 Å². The summed E-state index contributed by atoms with van der Waals surface area (Å²) in [6, 6.07) is 0.853. The molecular formula is C18H33NO. The summed E-state index contributed by atoms with van der Waals surface area (Å²) in [6.45, 7) is 4.79. The average Bonchev–Trinajstić information content (AvgIpc) is 2.50. The molecule has 0 amide bonds. The van der Waals surface area contributed by atoms with Crippen LogP contribution in [0.1, 0.15) is 71.1 Å². The predicted octanol–water partition coefficient (Wildman–Crippen LogP) is 3.83. The molecule has 2 heteroatoms. The Hall–Kier alpha value is -0.0800. The SMILES string of the molecule is CCC1CCC(O)C(CN2CCC[C@H]3CCCC[C@H]32)C1. The summed E-state index contributed by atoms with van der Waals surface area (Å²) in [5.74, 6) is 2.39. The topological polar surface area (TPSA) is 23.5 Å². The lowest BCUT2D eigenvalue weighted by Gasteiger charge is -2.46. The summed E-state index contributed by atoms with van der Waals surface area (Å²) in [5.41, 5.74) is 0. The van der Waals surface area contributed by atoms with E-state index >= 15 is 0 Å². The van der Waals surface area contributed by atoms with Crippen molar-refractivity contribution in [3.05, 3.63) is 0 Å². The first kappa shape index (κ1) is 14.8. The van der Waals surface area contributed by atoms with Crippen molar-refractivity contribution >= 4 is 0 Å². The number of fused-ring (bicyclic) bond motifs is 1. The zero-order valence-corrected chi connectivity index (χ0v) is 13.3. The van der Waals surface area contributed by atoms with Crippen LogP contribution < -0.4 is 0 Å². The quantitative estimate of drug-likeness (QED) is 0.849. The Bertz CT molecular complexity index is 304. The van der Waals surface area contributed by atoms with Gasteiger partial charge in [-0.15, -0.1) is 0 Å². The Labute approximate surface area is 124 Å². The van der Waals surface area contributed by atoms with E-state index in [1.165, 1.54) is 70.9 Å². The highest BCUT2D eigenvalue weighted by Crippen LogP contribution is 2.38. The first-order chi connectivity index (χ1) is 9.78. The molecule has 1 heterocycles. The predicted molar refractivity (Wildman–Crippen MR) is 83.7 cm³/mol. The van der Waals surface area contributed by atoms with Gasteiger partial charge in [0.15, 0.2) is 0 Å². The van der Waals surface area contributed by atoms with E-state index in [-0.39, 0.29) is 6.10 Å². The van der Waals surface area contributed by atoms with E-state index in [2.05, 4.69) is 11.8 Å². The van der Waals surface area contributed by atoms with Crippen LogP contribution in [0.4, 0.5) is 0 Å². The van der Waals surface area contributed by atoms with E-state index in [4.69, 9.17) is 0 Å². The van der Waals surface area contributed by atoms with Gasteiger partial charge in [-0.1, -0.05) is 26.2 Å². The van der Waals surface area contributed by atoms with Gasteiger partial charge in [-0.3, -0.25) is 4.90 Å². The van der Waals surface area contributed by atoms with Crippen molar-refractivity contribution in [2.24, 2.45) is 17.8 Å². The molecule has 0 bridgehead atoms. The molecule has 3 fully saturated rings. The van der Waals surface area contributed by atoms with Gasteiger partial charge in [-0.05, 0) is 69.2 Å². The number of hydrogen-bond donors (Lipinski definition) is 1. The van der Waals surface area contributed by atoms with Crippen LogP contribution in [0.15, 0.2) is 0 Å². The maximum Gasteiger partial charge on any atom is 0.0580 e. The summed E-state index contributed by atoms with van der Waals surface area (Å²) in [4.78, 5) is 2.78. The standard InChI is InChI=1S/C18H33NO/c1-2-14-9-10-18(20)16(12-14)13-19-11-5-7-15-6-3-4-8-17(15)19/h14-18,20H,2-13H2,1H3/t14?,15-,16?,17-,18?/m1/s1. The average molecular weight is 279 g/mol. The van der Waals surface area contributed by atoms with Crippen molar-refractivity contribution < 1.29 is 5.11 Å². The van der Waals surface area contributed by atoms with E-state index in [0.29, 0.717) is 5.92 Å². The van der Waals surface area contributed by atoms with Crippen LogP contribution >= 0.6 is 0 Å². The molecule has 2 saturated carbocycles. The fourth-order valence-corrected chi connectivity index (χ4v) is 5.17. The van der Waals surface area contributed by atoms with Crippen molar-refractivity contribution in [2.75, 3.05) is 13.1 Å². The normalized spacial score (nSPS) is 43.2. The second kappa shape index (κ2) is 6.79. The van der Waals surface area contributed by atoms with Crippen LogP contribution in [0.5, 0.6) is 0 Å². The van der Waals surface area contributed by atoms with Gasteiger partial charge >= 0.3 is 0 Å². The zero-order chi connectivity index (χ0) is 13.9. The molecule has 3 unspecified atom stereocenters. The van der Waals surface area contributed by atoms with Gasteiger partial charge in [-0.25, -0.2) is 0 Å². The smallest absolute Gasteiger partial charge is 0.0580 e. The Balaban J connectivity index is 1.60. The molecule has 0 aromatic rings. The molecule has 116 valence electrons. The van der Waals surface area contributed by atoms with Gasteiger partial charge in [0.1, 0.15) is 0 Å². The van der Waals surface area contributed by atoms with E-state index in [9.17, 15) is 5.11 Å². The highest BCUT2D eigenvalue weighted by atomic mass is 16.3. The molecule has 0 aromatic heterocycles. The van der Waals surface area contributed by atoms with Crippen LogP contribution in [0.25, 0.3) is 0 Å². The van der Waals surface area contributed by atoms with Crippen LogP contribution in [-0.4, -0.2) is 35.2 Å². The molecule has 2 nitrogen and oxygen atoms in total. The number of likely N-dealkylation sites (tertiary alicyclic amines) is 1. The van der Waals surface area contributed by atoms with Crippen LogP contribution in [0.3, 0.4) is 0 Å². The molecule has 3 aliphatic rings. The second-order valence-electron chi connectivity index (χ2n) is 7.66. The highest BCUT2D eigenvalue weighted by Gasteiger charge is 2.36. The van der Waals surface area contributed by atoms with Crippen LogP contribution in [0, 0.1) is 17.8 Å². The minimum atomic E-state index is -0.0261. The Morgan fingerprint density at radius 1 is 1.00 bits per heavy atom. The van der Waals surface area contributed by atoms with Crippen molar-refractivity contribution in [3.8, 4) is 0 Å². The number of aliphatic hydroxyl groups excluding tert-OH is 1. The summed E-state index contributed by atoms with van der Waals surface area (Å²) in [5, 5.41) is 10.4. The monoisotopic (exact) mass is 279 g/mol. The zero-order valence-electron chi connectivity index (χ0n) is 13.3. The molecule has 5 atom stereocenters. The minimum Gasteiger partial charge on any atom is -0.393 e. The van der Waals surface area contributed by atoms with Crippen molar-refractivity contribution in [2.45, 2.75) is 83.3 Å². The lowest BCUT2D eigenvalue weighted by Crippen LogP contribution is -2.50. The number of aliphatic hydroxyl groups is 1. The first-order valence-corrected chi connectivity index (χ1v) is 9.20. The molecule has 0 spiro atoms. The highest BCUT2D eigenvalue weighted by molar-refractivity contribution is 4.90. The third-order valence-electron chi connectivity index (χ3n) is 6.46. The molecule has 0 radical (unpaired) electrons. The number of rotatable bonds is 3. The molecule has 1 N–H and O–H groups in total. The summed E-state index contributed by atoms with van der Waals surface area (Å²) in [6.07, 6.45) is 13.5. The van der Waals surface area contributed by atoms with E-state index < -0.39 is 0 Å². The maximum absolute atomic E-state index is 10.4. The number of piperidine rings is 1.